The summed E-state index contributed by atoms with van der Waals surface area (Å²) >= 11 is 3.41. The number of nitrogens with one attached hydrogen (secondary N) is 1. The van der Waals surface area contributed by atoms with Crippen molar-refractivity contribution in [3.8, 4) is 5.75 Å². The summed E-state index contributed by atoms with van der Waals surface area (Å²) in [6, 6.07) is 6.81. The van der Waals surface area contributed by atoms with Gasteiger partial charge in [-0.25, -0.2) is 4.68 Å². The van der Waals surface area contributed by atoms with Crippen molar-refractivity contribution in [3.05, 3.63) is 45.3 Å². The van der Waals surface area contributed by atoms with Crippen molar-refractivity contribution in [2.75, 3.05) is 12.4 Å². The highest BCUT2D eigenvalue weighted by Crippen LogP contribution is 2.29. The lowest BCUT2D eigenvalue weighted by Gasteiger charge is -2.10. The van der Waals surface area contributed by atoms with E-state index in [0.29, 0.717) is 12.0 Å². The van der Waals surface area contributed by atoms with Gasteiger partial charge in [0.25, 0.3) is 5.56 Å². The van der Waals surface area contributed by atoms with Gasteiger partial charge in [-0.15, -0.1) is 0 Å². The predicted molar refractivity (Wildman–Crippen MR) is 78.5 cm³/mol. The smallest absolute Gasteiger partial charge is 0.269 e. The van der Waals surface area contributed by atoms with Crippen molar-refractivity contribution in [2.24, 2.45) is 0 Å². The molecule has 2 rings (SSSR count). The first-order valence-electron chi connectivity index (χ1n) is 5.75. The van der Waals surface area contributed by atoms with Crippen LogP contribution in [0, 0.1) is 0 Å². The SMILES string of the molecule is COc1ccc(Nc2cnn(CC=O)c(=O)c2)c(Br)c1. The van der Waals surface area contributed by atoms with Crippen LogP contribution in [0.3, 0.4) is 0 Å². The zero-order valence-electron chi connectivity index (χ0n) is 10.7. The minimum absolute atomic E-state index is 0.0503. The Morgan fingerprint density at radius 1 is 1.45 bits per heavy atom. The summed E-state index contributed by atoms with van der Waals surface area (Å²) in [6.07, 6.45) is 2.11. The number of hydrogen-bond donors (Lipinski definition) is 1. The molecule has 7 heteroatoms. The first kappa shape index (κ1) is 14.3. The van der Waals surface area contributed by atoms with E-state index in [1.165, 1.54) is 12.3 Å². The van der Waals surface area contributed by atoms with E-state index in [9.17, 15) is 9.59 Å². The minimum atomic E-state index is -0.341. The number of methoxy groups -OCH3 is 1. The monoisotopic (exact) mass is 337 g/mol. The summed E-state index contributed by atoms with van der Waals surface area (Å²) < 4.78 is 6.99. The predicted octanol–water partition coefficient (Wildman–Crippen LogP) is 1.96. The normalized spacial score (nSPS) is 10.1. The number of aldehydes is 1. The van der Waals surface area contributed by atoms with Crippen LogP contribution in [0.4, 0.5) is 11.4 Å². The molecule has 1 heterocycles. The van der Waals surface area contributed by atoms with Crippen molar-refractivity contribution in [1.82, 2.24) is 9.78 Å². The Kier molecular flexibility index (Phi) is 4.52. The molecule has 1 aromatic heterocycles. The van der Waals surface area contributed by atoms with Gasteiger partial charge >= 0.3 is 0 Å². The fraction of sp³-hybridized carbons (Fsp3) is 0.154. The lowest BCUT2D eigenvalue weighted by Crippen LogP contribution is -2.22. The van der Waals surface area contributed by atoms with Gasteiger partial charge in [0.15, 0.2) is 0 Å². The molecule has 0 aliphatic carbocycles. The van der Waals surface area contributed by atoms with Crippen LogP contribution < -0.4 is 15.6 Å². The number of carbonyl (C=O) groups excluding carboxylic acids is 1. The Bertz CT molecular complexity index is 685. The minimum Gasteiger partial charge on any atom is -0.497 e. The maximum Gasteiger partial charge on any atom is 0.269 e. The van der Waals surface area contributed by atoms with Crippen molar-refractivity contribution in [2.45, 2.75) is 6.54 Å². The third kappa shape index (κ3) is 3.24. The largest absolute Gasteiger partial charge is 0.497 e. The summed E-state index contributed by atoms with van der Waals surface area (Å²) in [4.78, 5) is 22.0. The maximum atomic E-state index is 11.7. The van der Waals surface area contributed by atoms with Gasteiger partial charge in [-0.3, -0.25) is 4.79 Å². The number of anilines is 2. The highest BCUT2D eigenvalue weighted by molar-refractivity contribution is 9.10. The Morgan fingerprint density at radius 3 is 2.85 bits per heavy atom. The highest BCUT2D eigenvalue weighted by Gasteiger charge is 2.04. The van der Waals surface area contributed by atoms with Gasteiger partial charge in [0.05, 0.1) is 24.7 Å². The van der Waals surface area contributed by atoms with Crippen LogP contribution in [-0.4, -0.2) is 23.2 Å². The van der Waals surface area contributed by atoms with Crippen LogP contribution in [0.1, 0.15) is 0 Å². The Balaban J connectivity index is 2.24. The topological polar surface area (TPSA) is 73.2 Å². The van der Waals surface area contributed by atoms with Crippen molar-refractivity contribution in [1.29, 1.82) is 0 Å². The quantitative estimate of drug-likeness (QED) is 0.844. The molecule has 2 aromatic rings. The van der Waals surface area contributed by atoms with Crippen LogP contribution in [0.25, 0.3) is 0 Å². The molecule has 0 radical (unpaired) electrons. The molecule has 1 N–H and O–H groups in total. The van der Waals surface area contributed by atoms with Crippen LogP contribution in [0.15, 0.2) is 39.7 Å². The molecule has 104 valence electrons. The van der Waals surface area contributed by atoms with E-state index in [0.717, 1.165) is 20.6 Å². The summed E-state index contributed by atoms with van der Waals surface area (Å²) in [7, 11) is 1.59. The number of carbonyl (C=O) groups is 1. The van der Waals surface area contributed by atoms with Crippen LogP contribution in [0.5, 0.6) is 5.75 Å². The van der Waals surface area contributed by atoms with Crippen molar-refractivity contribution < 1.29 is 9.53 Å². The van der Waals surface area contributed by atoms with Crippen molar-refractivity contribution >= 4 is 33.6 Å². The van der Waals surface area contributed by atoms with Crippen LogP contribution in [-0.2, 0) is 11.3 Å². The molecular weight excluding hydrogens is 326 g/mol. The van der Waals surface area contributed by atoms with Gasteiger partial charge in [-0.2, -0.15) is 5.10 Å². The molecule has 20 heavy (non-hydrogen) atoms. The van der Waals surface area contributed by atoms with E-state index >= 15 is 0 Å². The molecule has 0 atom stereocenters. The standard InChI is InChI=1S/C13H12BrN3O3/c1-20-10-2-3-12(11(14)7-10)16-9-6-13(19)17(4-5-18)15-8-9/h2-3,5-8,16H,4H2,1H3. The number of nitrogens with zero attached hydrogens (tertiary/aromatic N) is 2. The fourth-order valence-electron chi connectivity index (χ4n) is 1.59. The molecule has 0 saturated heterocycles. The molecule has 0 aliphatic heterocycles. The number of rotatable bonds is 5. The second-order valence-electron chi connectivity index (χ2n) is 3.90. The molecule has 6 nitrogen and oxygen atoms in total. The molecule has 0 bridgehead atoms. The zero-order chi connectivity index (χ0) is 14.5. The van der Waals surface area contributed by atoms with Crippen LogP contribution in [0.2, 0.25) is 0 Å². The third-order valence-corrected chi connectivity index (χ3v) is 3.23. The average Bonchev–Trinajstić information content (AvgIpc) is 2.44. The number of aromatic nitrogens is 2. The second-order valence-corrected chi connectivity index (χ2v) is 4.76. The number of benzene rings is 1. The van der Waals surface area contributed by atoms with E-state index in [-0.39, 0.29) is 12.1 Å². The number of ether oxygens (including phenoxy) is 1. The third-order valence-electron chi connectivity index (χ3n) is 2.57. The highest BCUT2D eigenvalue weighted by atomic mass is 79.9. The Morgan fingerprint density at radius 2 is 2.25 bits per heavy atom. The van der Waals surface area contributed by atoms with Crippen molar-refractivity contribution in [3.63, 3.8) is 0 Å². The second kappa shape index (κ2) is 6.33. The van der Waals surface area contributed by atoms with Gasteiger partial charge in [0.2, 0.25) is 0 Å². The van der Waals surface area contributed by atoms with Gasteiger partial charge in [-0.1, -0.05) is 0 Å². The summed E-state index contributed by atoms with van der Waals surface area (Å²) in [5.41, 5.74) is 0.981. The van der Waals surface area contributed by atoms with Gasteiger partial charge < -0.3 is 14.8 Å². The summed E-state index contributed by atoms with van der Waals surface area (Å²) in [5.74, 6) is 0.724. The zero-order valence-corrected chi connectivity index (χ0v) is 12.3. The molecule has 1 aromatic carbocycles. The first-order valence-corrected chi connectivity index (χ1v) is 6.54. The number of hydrogen-bond acceptors (Lipinski definition) is 5. The lowest BCUT2D eigenvalue weighted by atomic mass is 10.3. The van der Waals surface area contributed by atoms with E-state index < -0.39 is 0 Å². The Hall–Kier alpha value is -2.15. The molecule has 0 fully saturated rings. The fourth-order valence-corrected chi connectivity index (χ4v) is 2.05. The average molecular weight is 338 g/mol. The maximum absolute atomic E-state index is 11.7. The molecule has 0 aliphatic rings. The molecular formula is C13H12BrN3O3. The van der Waals surface area contributed by atoms with E-state index in [1.807, 2.05) is 12.1 Å². The van der Waals surface area contributed by atoms with Gasteiger partial charge in [-0.05, 0) is 34.1 Å². The van der Waals surface area contributed by atoms with E-state index in [2.05, 4.69) is 26.3 Å². The summed E-state index contributed by atoms with van der Waals surface area (Å²) in [5, 5.41) is 6.97. The van der Waals surface area contributed by atoms with Gasteiger partial charge in [0, 0.05) is 10.5 Å². The molecule has 0 spiro atoms. The molecule has 0 unspecified atom stereocenters. The lowest BCUT2D eigenvalue weighted by molar-refractivity contribution is -0.108. The number of halogens is 1. The first-order chi connectivity index (χ1) is 9.63. The van der Waals surface area contributed by atoms with Gasteiger partial charge in [0.1, 0.15) is 18.6 Å². The molecule has 0 amide bonds. The van der Waals surface area contributed by atoms with Crippen LogP contribution >= 0.6 is 15.9 Å². The summed E-state index contributed by atoms with van der Waals surface area (Å²) in [6.45, 7) is -0.0503. The molecule has 0 saturated carbocycles. The van der Waals surface area contributed by atoms with E-state index in [4.69, 9.17) is 4.74 Å². The van der Waals surface area contributed by atoms with E-state index in [1.54, 1.807) is 13.2 Å². The Labute approximate surface area is 123 Å².